The molecule has 1 atom stereocenters. The number of hydrogen-bond acceptors (Lipinski definition) is 2. The Kier molecular flexibility index (Phi) is 10.1. The molecule has 1 saturated heterocycles. The molecule has 0 amide bonds. The Bertz CT molecular complexity index is 1380. The molecule has 4 heteroatoms. The lowest BCUT2D eigenvalue weighted by molar-refractivity contribution is -0.182. The molecule has 2 nitrogen and oxygen atoms in total. The maximum atomic E-state index is 5.88. The average molecular weight is 591 g/mol. The second-order valence-corrected chi connectivity index (χ2v) is 15.5. The molecule has 1 heterocycles. The van der Waals surface area contributed by atoms with Gasteiger partial charge >= 0.3 is 0 Å². The lowest BCUT2D eigenvalue weighted by atomic mass is 9.97. The molecule has 214 valence electrons. The maximum Gasteiger partial charge on any atom is 0.157 e. The lowest BCUT2D eigenvalue weighted by Gasteiger charge is -2.29. The van der Waals surface area contributed by atoms with Gasteiger partial charge in [-0.25, -0.2) is 0 Å². The zero-order valence-electron chi connectivity index (χ0n) is 24.4. The number of allylic oxidation sites excluding steroid dienone is 4. The molecule has 4 aromatic rings. The molecular formula is C38H40O2P2. The van der Waals surface area contributed by atoms with E-state index < -0.39 is 15.8 Å². The summed E-state index contributed by atoms with van der Waals surface area (Å²) in [7, 11) is -1.39. The van der Waals surface area contributed by atoms with E-state index in [1.54, 1.807) is 16.2 Å². The van der Waals surface area contributed by atoms with E-state index in [1.165, 1.54) is 21.2 Å². The zero-order chi connectivity index (χ0) is 28.6. The third-order valence-corrected chi connectivity index (χ3v) is 13.4. The first-order valence-electron chi connectivity index (χ1n) is 15.2. The van der Waals surface area contributed by atoms with Crippen molar-refractivity contribution in [2.45, 2.75) is 45.3 Å². The van der Waals surface area contributed by atoms with Crippen LogP contribution in [0.1, 0.15) is 39.0 Å². The highest BCUT2D eigenvalue weighted by Crippen LogP contribution is 2.60. The first-order valence-corrected chi connectivity index (χ1v) is 17.9. The molecule has 0 spiro atoms. The number of rotatable bonds is 11. The van der Waals surface area contributed by atoms with Crippen LogP contribution in [0.2, 0.25) is 0 Å². The molecule has 2 aliphatic rings. The second kappa shape index (κ2) is 14.5. The van der Waals surface area contributed by atoms with Gasteiger partial charge in [0.2, 0.25) is 0 Å². The smallest absolute Gasteiger partial charge is 0.157 e. The van der Waals surface area contributed by atoms with Gasteiger partial charge in [0.25, 0.3) is 0 Å². The molecule has 1 aliphatic heterocycles. The van der Waals surface area contributed by atoms with Gasteiger partial charge in [-0.2, -0.15) is 0 Å². The summed E-state index contributed by atoms with van der Waals surface area (Å²) in [6.45, 7) is 4.05. The molecule has 42 heavy (non-hydrogen) atoms. The van der Waals surface area contributed by atoms with Crippen molar-refractivity contribution in [3.63, 3.8) is 0 Å². The number of ether oxygens (including phenoxy) is 2. The summed E-state index contributed by atoms with van der Waals surface area (Å²) < 4.78 is 11.8. The van der Waals surface area contributed by atoms with Crippen LogP contribution in [0.25, 0.3) is 0 Å². The minimum Gasteiger partial charge on any atom is -0.353 e. The normalized spacial score (nSPS) is 16.7. The molecular weight excluding hydrogens is 550 g/mol. The van der Waals surface area contributed by atoms with Crippen molar-refractivity contribution in [3.05, 3.63) is 144 Å². The van der Waals surface area contributed by atoms with Gasteiger partial charge < -0.3 is 9.47 Å². The van der Waals surface area contributed by atoms with Gasteiger partial charge in [-0.1, -0.05) is 134 Å². The fourth-order valence-electron chi connectivity index (χ4n) is 6.03. The third kappa shape index (κ3) is 7.02. The Morgan fingerprint density at radius 2 is 1.10 bits per heavy atom. The van der Waals surface area contributed by atoms with E-state index in [4.69, 9.17) is 9.47 Å². The molecule has 0 saturated carbocycles. The van der Waals surface area contributed by atoms with Crippen LogP contribution in [-0.4, -0.2) is 19.5 Å². The van der Waals surface area contributed by atoms with Crippen molar-refractivity contribution in [1.29, 1.82) is 0 Å². The molecule has 4 aromatic carbocycles. The van der Waals surface area contributed by atoms with Crippen LogP contribution in [0.5, 0.6) is 0 Å². The predicted molar refractivity (Wildman–Crippen MR) is 181 cm³/mol. The van der Waals surface area contributed by atoms with Crippen LogP contribution < -0.4 is 21.2 Å². The van der Waals surface area contributed by atoms with E-state index in [0.717, 1.165) is 45.3 Å². The summed E-state index contributed by atoms with van der Waals surface area (Å²) in [6, 6.07) is 44.9. The molecule has 1 unspecified atom stereocenters. The lowest BCUT2D eigenvalue weighted by Crippen LogP contribution is -2.25. The van der Waals surface area contributed by atoms with Gasteiger partial charge in [0.1, 0.15) is 0 Å². The fourth-order valence-corrected chi connectivity index (χ4v) is 11.7. The van der Waals surface area contributed by atoms with Gasteiger partial charge in [-0.15, -0.1) is 0 Å². The summed E-state index contributed by atoms with van der Waals surface area (Å²) >= 11 is 0. The van der Waals surface area contributed by atoms with E-state index in [2.05, 4.69) is 134 Å². The molecule has 0 bridgehead atoms. The Hall–Kier alpha value is -2.86. The SMILES string of the molecule is CC(CCC1OCCCO1)CC1=CCC(P(c2ccccc2)c2ccccc2)=C1P(c1ccccc1)c1ccccc1. The van der Waals surface area contributed by atoms with E-state index in [1.807, 2.05) is 0 Å². The van der Waals surface area contributed by atoms with E-state index in [0.29, 0.717) is 5.92 Å². The Balaban J connectivity index is 1.44. The fraction of sp³-hybridized carbons (Fsp3) is 0.263. The molecule has 0 radical (unpaired) electrons. The highest BCUT2D eigenvalue weighted by atomic mass is 31.1. The van der Waals surface area contributed by atoms with Crippen LogP contribution in [0.15, 0.2) is 144 Å². The van der Waals surface area contributed by atoms with Gasteiger partial charge in [-0.05, 0) is 91.3 Å². The second-order valence-electron chi connectivity index (χ2n) is 11.2. The first kappa shape index (κ1) is 29.2. The van der Waals surface area contributed by atoms with Crippen molar-refractivity contribution >= 4 is 37.1 Å². The predicted octanol–water partition coefficient (Wildman–Crippen LogP) is 8.36. The molecule has 0 N–H and O–H groups in total. The molecule has 0 aromatic heterocycles. The zero-order valence-corrected chi connectivity index (χ0v) is 26.2. The third-order valence-electron chi connectivity index (χ3n) is 8.03. The van der Waals surface area contributed by atoms with Gasteiger partial charge in [0, 0.05) is 0 Å². The largest absolute Gasteiger partial charge is 0.353 e. The van der Waals surface area contributed by atoms with Crippen LogP contribution in [0.4, 0.5) is 0 Å². The summed E-state index contributed by atoms with van der Waals surface area (Å²) in [5.74, 6) is 0.544. The maximum absolute atomic E-state index is 5.88. The Morgan fingerprint density at radius 1 is 0.643 bits per heavy atom. The summed E-state index contributed by atoms with van der Waals surface area (Å²) in [4.78, 5) is 0. The van der Waals surface area contributed by atoms with Crippen molar-refractivity contribution in [2.75, 3.05) is 13.2 Å². The van der Waals surface area contributed by atoms with Crippen LogP contribution >= 0.6 is 15.8 Å². The number of benzene rings is 4. The minimum absolute atomic E-state index is 0.0425. The van der Waals surface area contributed by atoms with E-state index in [-0.39, 0.29) is 6.29 Å². The highest BCUT2D eigenvalue weighted by Gasteiger charge is 2.33. The van der Waals surface area contributed by atoms with Crippen LogP contribution in [0, 0.1) is 5.92 Å². The van der Waals surface area contributed by atoms with E-state index in [9.17, 15) is 0 Å². The van der Waals surface area contributed by atoms with Crippen molar-refractivity contribution in [3.8, 4) is 0 Å². The van der Waals surface area contributed by atoms with E-state index >= 15 is 0 Å². The summed E-state index contributed by atoms with van der Waals surface area (Å²) in [5, 5.41) is 8.91. The number of hydrogen-bond donors (Lipinski definition) is 0. The Morgan fingerprint density at radius 3 is 1.57 bits per heavy atom. The summed E-state index contributed by atoms with van der Waals surface area (Å²) in [6.07, 6.45) is 7.69. The minimum atomic E-state index is -0.718. The van der Waals surface area contributed by atoms with Gasteiger partial charge in [0.15, 0.2) is 6.29 Å². The van der Waals surface area contributed by atoms with Crippen LogP contribution in [0.3, 0.4) is 0 Å². The molecule has 1 aliphatic carbocycles. The quantitative estimate of drug-likeness (QED) is 0.164. The van der Waals surface area contributed by atoms with Crippen molar-refractivity contribution < 1.29 is 9.47 Å². The monoisotopic (exact) mass is 590 g/mol. The van der Waals surface area contributed by atoms with Gasteiger partial charge in [0.05, 0.1) is 13.2 Å². The van der Waals surface area contributed by atoms with Gasteiger partial charge in [-0.3, -0.25) is 0 Å². The highest BCUT2D eigenvalue weighted by molar-refractivity contribution is 7.80. The standard InChI is InChI=1S/C38H40O2P2/c1-30(23-26-37-39-27-14-28-40-37)29-31-24-25-36(41(32-15-6-2-7-16-32)33-17-8-3-9-18-33)38(31)42(34-19-10-4-11-20-34)35-21-12-5-13-22-35/h2-13,15-22,24,30,37H,14,23,25-29H2,1H3. The van der Waals surface area contributed by atoms with Crippen molar-refractivity contribution in [2.24, 2.45) is 5.92 Å². The van der Waals surface area contributed by atoms with Crippen LogP contribution in [-0.2, 0) is 9.47 Å². The first-order chi connectivity index (χ1) is 20.8. The molecule has 6 rings (SSSR count). The topological polar surface area (TPSA) is 18.5 Å². The van der Waals surface area contributed by atoms with Crippen molar-refractivity contribution in [1.82, 2.24) is 0 Å². The summed E-state index contributed by atoms with van der Waals surface area (Å²) in [5.41, 5.74) is 1.54. The average Bonchev–Trinajstić information content (AvgIpc) is 3.45. The molecule has 1 fully saturated rings. The Labute approximate surface area is 254 Å².